The molecule has 0 spiro atoms. The van der Waals surface area contributed by atoms with Crippen molar-refractivity contribution in [2.75, 3.05) is 0 Å². The normalized spacial score (nSPS) is 23.9. The van der Waals surface area contributed by atoms with E-state index in [1.807, 2.05) is 0 Å². The molecule has 0 aromatic heterocycles. The molecule has 1 saturated carbocycles. The Morgan fingerprint density at radius 2 is 1.84 bits per heavy atom. The minimum absolute atomic E-state index is 0.118. The van der Waals surface area contributed by atoms with Crippen LogP contribution in [-0.2, 0) is 6.42 Å². The summed E-state index contributed by atoms with van der Waals surface area (Å²) in [6.07, 6.45) is 5.90. The van der Waals surface area contributed by atoms with Gasteiger partial charge in [0.25, 0.3) is 0 Å². The van der Waals surface area contributed by atoms with Crippen LogP contribution in [-0.4, -0.2) is 20.6 Å². The number of thiol groups is 1. The van der Waals surface area contributed by atoms with Crippen LogP contribution in [0, 0.1) is 11.3 Å². The van der Waals surface area contributed by atoms with Crippen LogP contribution in [0.2, 0.25) is 0 Å². The number of aryl methyl sites for hydroxylation is 1. The minimum atomic E-state index is -1.14. The Morgan fingerprint density at radius 1 is 1.24 bits per heavy atom. The summed E-state index contributed by atoms with van der Waals surface area (Å²) >= 11 is 2.88. The van der Waals surface area contributed by atoms with Crippen molar-refractivity contribution >= 4 is 17.9 Å². The first kappa shape index (κ1) is 20.0. The van der Waals surface area contributed by atoms with E-state index in [4.69, 9.17) is 9.90 Å². The lowest BCUT2D eigenvalue weighted by atomic mass is 9.57. The second-order valence-electron chi connectivity index (χ2n) is 8.31. The molecule has 2 aliphatic rings. The third kappa shape index (κ3) is 4.08. The summed E-state index contributed by atoms with van der Waals surface area (Å²) in [5, 5.41) is 27.2. The van der Waals surface area contributed by atoms with Crippen LogP contribution in [0.15, 0.2) is 6.07 Å². The summed E-state index contributed by atoms with van der Waals surface area (Å²) in [6, 6.07) is 2.15. The molecule has 2 aliphatic carbocycles. The lowest BCUT2D eigenvalue weighted by Crippen LogP contribution is -2.36. The zero-order chi connectivity index (χ0) is 18.9. The molecule has 140 valence electrons. The molecule has 2 atom stereocenters. The van der Waals surface area contributed by atoms with E-state index in [1.54, 1.807) is 0 Å². The Morgan fingerprint density at radius 3 is 2.40 bits per heavy atom. The molecule has 3 N–H and O–H groups in total. The second-order valence-corrected chi connectivity index (χ2v) is 8.69. The number of aromatic hydroxyl groups is 2. The molecule has 0 bridgehead atoms. The third-order valence-corrected chi connectivity index (χ3v) is 5.97. The van der Waals surface area contributed by atoms with Gasteiger partial charge in [0, 0.05) is 11.1 Å². The Bertz CT molecular complexity index is 648. The lowest BCUT2D eigenvalue weighted by molar-refractivity contribution is 0.0955. The highest BCUT2D eigenvalue weighted by atomic mass is 32.1. The molecule has 25 heavy (non-hydrogen) atoms. The molecule has 1 fully saturated rings. The largest absolute Gasteiger partial charge is 0.504 e. The van der Waals surface area contributed by atoms with E-state index in [9.17, 15) is 10.2 Å². The lowest BCUT2D eigenvalue weighted by Gasteiger charge is -2.47. The van der Waals surface area contributed by atoms with Crippen LogP contribution in [0.25, 0.3) is 0 Å². The maximum Gasteiger partial charge on any atom is 0.361 e. The van der Waals surface area contributed by atoms with Gasteiger partial charge in [-0.05, 0) is 54.4 Å². The van der Waals surface area contributed by atoms with Gasteiger partial charge in [-0.25, -0.2) is 4.79 Å². The smallest absolute Gasteiger partial charge is 0.361 e. The molecular formula is C20H30O4S. The van der Waals surface area contributed by atoms with Gasteiger partial charge < -0.3 is 15.3 Å². The van der Waals surface area contributed by atoms with Crippen LogP contribution in [0.5, 0.6) is 11.5 Å². The number of rotatable bonds is 1. The van der Waals surface area contributed by atoms with Gasteiger partial charge in [0.15, 0.2) is 11.5 Å². The Balaban J connectivity index is 0.000000511. The van der Waals surface area contributed by atoms with Crippen molar-refractivity contribution in [2.45, 2.75) is 71.6 Å². The average molecular weight is 367 g/mol. The maximum atomic E-state index is 10.6. The Kier molecular flexibility index (Phi) is 5.97. The summed E-state index contributed by atoms with van der Waals surface area (Å²) in [4.78, 5) is 8.86. The first-order chi connectivity index (χ1) is 11.6. The highest BCUT2D eigenvalue weighted by Crippen LogP contribution is 2.57. The number of carboxylic acid groups (broad SMARTS) is 1. The van der Waals surface area contributed by atoms with Gasteiger partial charge in [-0.3, -0.25) is 0 Å². The highest BCUT2D eigenvalue weighted by Gasteiger charge is 2.43. The standard InChI is InChI=1S/C19H28O2.CH2O2S/c1-11(2)14-10-12-7-8-15-13(6-5-9-19(15,3)4)16(12)18(21)17(14)20;2-1(3)4/h10-11,13,15,20-21H,5-9H2,1-4H3;4H,(H,2,3). The SMILES string of the molecule is CC(C)c1cc2c(c(O)c1O)C1CCCC(C)(C)C1CC2.O=C(O)S. The number of fused-ring (bicyclic) bond motifs is 3. The van der Waals surface area contributed by atoms with Crippen molar-refractivity contribution < 1.29 is 20.1 Å². The molecule has 2 unspecified atom stereocenters. The van der Waals surface area contributed by atoms with Crippen LogP contribution in [0.1, 0.15) is 81.9 Å². The summed E-state index contributed by atoms with van der Waals surface area (Å²) in [7, 11) is 0. The number of hydrogen-bond donors (Lipinski definition) is 4. The second kappa shape index (κ2) is 7.48. The van der Waals surface area contributed by atoms with E-state index in [-0.39, 0.29) is 17.4 Å². The predicted octanol–water partition coefficient (Wildman–Crippen LogP) is 5.67. The Labute approximate surface area is 155 Å². The molecule has 1 aromatic rings. The summed E-state index contributed by atoms with van der Waals surface area (Å²) in [5.41, 5.74) is 3.56. The van der Waals surface area contributed by atoms with Gasteiger partial charge >= 0.3 is 5.30 Å². The van der Waals surface area contributed by atoms with Crippen molar-refractivity contribution in [3.63, 3.8) is 0 Å². The van der Waals surface area contributed by atoms with E-state index in [0.717, 1.165) is 24.0 Å². The molecule has 0 amide bonds. The molecule has 1 aromatic carbocycles. The fourth-order valence-electron chi connectivity index (χ4n) is 4.77. The number of carbonyl (C=O) groups is 1. The summed E-state index contributed by atoms with van der Waals surface area (Å²) in [5.74, 6) is 1.58. The zero-order valence-electron chi connectivity index (χ0n) is 15.5. The van der Waals surface area contributed by atoms with Crippen molar-refractivity contribution in [3.8, 4) is 11.5 Å². The molecule has 4 nitrogen and oxygen atoms in total. The quantitative estimate of drug-likeness (QED) is 0.381. The molecule has 0 aliphatic heterocycles. The van der Waals surface area contributed by atoms with Gasteiger partial charge in [-0.2, -0.15) is 0 Å². The molecular weight excluding hydrogens is 336 g/mol. The Hall–Kier alpha value is -1.36. The monoisotopic (exact) mass is 366 g/mol. The van der Waals surface area contributed by atoms with Gasteiger partial charge in [-0.1, -0.05) is 52.8 Å². The molecule has 0 heterocycles. The van der Waals surface area contributed by atoms with Gasteiger partial charge in [0.1, 0.15) is 0 Å². The molecule has 0 radical (unpaired) electrons. The van der Waals surface area contributed by atoms with Crippen LogP contribution in [0.4, 0.5) is 4.79 Å². The van der Waals surface area contributed by atoms with Gasteiger partial charge in [0.05, 0.1) is 0 Å². The van der Waals surface area contributed by atoms with Crippen LogP contribution >= 0.6 is 12.6 Å². The minimum Gasteiger partial charge on any atom is -0.504 e. The first-order valence-corrected chi connectivity index (χ1v) is 9.50. The zero-order valence-corrected chi connectivity index (χ0v) is 16.4. The number of hydrogen-bond acceptors (Lipinski definition) is 3. The van der Waals surface area contributed by atoms with E-state index in [2.05, 4.69) is 46.4 Å². The van der Waals surface area contributed by atoms with Crippen molar-refractivity contribution in [1.29, 1.82) is 0 Å². The first-order valence-electron chi connectivity index (χ1n) is 9.05. The van der Waals surface area contributed by atoms with Crippen LogP contribution < -0.4 is 0 Å². The molecule has 3 rings (SSSR count). The molecule has 5 heteroatoms. The van der Waals surface area contributed by atoms with Gasteiger partial charge in [-0.15, -0.1) is 0 Å². The van der Waals surface area contributed by atoms with Crippen LogP contribution in [0.3, 0.4) is 0 Å². The summed E-state index contributed by atoms with van der Waals surface area (Å²) in [6.45, 7) is 8.87. The topological polar surface area (TPSA) is 77.8 Å². The fraction of sp³-hybridized carbons (Fsp3) is 0.650. The van der Waals surface area contributed by atoms with E-state index in [0.29, 0.717) is 17.3 Å². The average Bonchev–Trinajstić information content (AvgIpc) is 2.49. The maximum absolute atomic E-state index is 10.6. The summed E-state index contributed by atoms with van der Waals surface area (Å²) < 4.78 is 0. The van der Waals surface area contributed by atoms with Gasteiger partial charge in [0.2, 0.25) is 0 Å². The number of phenols is 2. The van der Waals surface area contributed by atoms with Crippen molar-refractivity contribution in [3.05, 3.63) is 22.8 Å². The predicted molar refractivity (Wildman–Crippen MR) is 103 cm³/mol. The fourth-order valence-corrected chi connectivity index (χ4v) is 4.77. The number of benzene rings is 1. The van der Waals surface area contributed by atoms with Crippen molar-refractivity contribution in [1.82, 2.24) is 0 Å². The van der Waals surface area contributed by atoms with E-state index < -0.39 is 5.30 Å². The van der Waals surface area contributed by atoms with E-state index >= 15 is 0 Å². The molecule has 0 saturated heterocycles. The number of phenolic OH excluding ortho intramolecular Hbond substituents is 2. The van der Waals surface area contributed by atoms with E-state index in [1.165, 1.54) is 24.8 Å². The van der Waals surface area contributed by atoms with Crippen molar-refractivity contribution in [2.24, 2.45) is 11.3 Å². The third-order valence-electron chi connectivity index (χ3n) is 5.97. The highest BCUT2D eigenvalue weighted by molar-refractivity contribution is 7.96.